The standard InChI is InChI=1S/C15H14N2O2S/c1-10-5-3-7-16-14(10)17-15(19)13-9-11(2)12(20-13)6-4-8-18/h3,5,7,9,18H,8H2,1-2H3,(H,16,17,19). The minimum absolute atomic E-state index is 0.188. The number of nitrogens with zero attached hydrogens (tertiary/aromatic N) is 1. The van der Waals surface area contributed by atoms with Crippen LogP contribution in [-0.2, 0) is 0 Å². The van der Waals surface area contributed by atoms with Crippen LogP contribution in [0.25, 0.3) is 0 Å². The number of anilines is 1. The maximum atomic E-state index is 12.2. The number of aromatic nitrogens is 1. The maximum absolute atomic E-state index is 12.2. The van der Waals surface area contributed by atoms with Crippen molar-refractivity contribution in [2.75, 3.05) is 11.9 Å². The first-order valence-corrected chi connectivity index (χ1v) is 6.86. The average molecular weight is 286 g/mol. The molecule has 2 heterocycles. The van der Waals surface area contributed by atoms with E-state index in [1.807, 2.05) is 26.0 Å². The number of carbonyl (C=O) groups is 1. The number of hydrogen-bond donors (Lipinski definition) is 2. The predicted molar refractivity (Wildman–Crippen MR) is 79.9 cm³/mol. The summed E-state index contributed by atoms with van der Waals surface area (Å²) >= 11 is 1.31. The Morgan fingerprint density at radius 2 is 2.25 bits per heavy atom. The maximum Gasteiger partial charge on any atom is 0.266 e. The van der Waals surface area contributed by atoms with Gasteiger partial charge in [-0.25, -0.2) is 4.98 Å². The summed E-state index contributed by atoms with van der Waals surface area (Å²) in [6, 6.07) is 5.50. The monoisotopic (exact) mass is 286 g/mol. The summed E-state index contributed by atoms with van der Waals surface area (Å²) in [6.45, 7) is 3.59. The van der Waals surface area contributed by atoms with Gasteiger partial charge in [0.05, 0.1) is 9.75 Å². The Balaban J connectivity index is 2.20. The molecule has 2 aromatic heterocycles. The molecule has 0 aliphatic carbocycles. The van der Waals surface area contributed by atoms with Crippen LogP contribution in [0.15, 0.2) is 24.4 Å². The zero-order valence-electron chi connectivity index (χ0n) is 11.2. The first-order chi connectivity index (χ1) is 9.61. The largest absolute Gasteiger partial charge is 0.384 e. The molecule has 0 unspecified atom stereocenters. The van der Waals surface area contributed by atoms with Gasteiger partial charge in [-0.1, -0.05) is 17.9 Å². The second-order valence-corrected chi connectivity index (χ2v) is 5.26. The molecule has 1 amide bonds. The van der Waals surface area contributed by atoms with Gasteiger partial charge in [0.2, 0.25) is 0 Å². The molecule has 0 saturated heterocycles. The van der Waals surface area contributed by atoms with E-state index >= 15 is 0 Å². The fourth-order valence-corrected chi connectivity index (χ4v) is 2.57. The van der Waals surface area contributed by atoms with E-state index in [2.05, 4.69) is 22.1 Å². The molecule has 4 nitrogen and oxygen atoms in total. The van der Waals surface area contributed by atoms with Gasteiger partial charge in [-0.15, -0.1) is 11.3 Å². The van der Waals surface area contributed by atoms with Gasteiger partial charge in [0.1, 0.15) is 12.4 Å². The molecule has 0 atom stereocenters. The molecule has 102 valence electrons. The molecule has 0 fully saturated rings. The smallest absolute Gasteiger partial charge is 0.266 e. The number of aryl methyl sites for hydroxylation is 2. The Kier molecular flexibility index (Phi) is 4.51. The minimum Gasteiger partial charge on any atom is -0.384 e. The highest BCUT2D eigenvalue weighted by atomic mass is 32.1. The van der Waals surface area contributed by atoms with Crippen LogP contribution in [0, 0.1) is 25.7 Å². The van der Waals surface area contributed by atoms with Crippen molar-refractivity contribution in [3.63, 3.8) is 0 Å². The summed E-state index contributed by atoms with van der Waals surface area (Å²) in [4.78, 5) is 17.7. The number of amides is 1. The van der Waals surface area contributed by atoms with Crippen LogP contribution in [-0.4, -0.2) is 22.6 Å². The summed E-state index contributed by atoms with van der Waals surface area (Å²) in [5.41, 5.74) is 1.84. The lowest BCUT2D eigenvalue weighted by atomic mass is 10.2. The van der Waals surface area contributed by atoms with Crippen LogP contribution in [0.4, 0.5) is 5.82 Å². The summed E-state index contributed by atoms with van der Waals surface area (Å²) in [5, 5.41) is 11.5. The molecule has 2 N–H and O–H groups in total. The normalized spacial score (nSPS) is 9.75. The highest BCUT2D eigenvalue weighted by molar-refractivity contribution is 7.14. The Bertz CT molecular complexity index is 695. The Morgan fingerprint density at radius 1 is 1.45 bits per heavy atom. The van der Waals surface area contributed by atoms with Gasteiger partial charge >= 0.3 is 0 Å². The van der Waals surface area contributed by atoms with E-state index in [0.717, 1.165) is 16.0 Å². The van der Waals surface area contributed by atoms with Gasteiger partial charge in [-0.05, 0) is 37.1 Å². The van der Waals surface area contributed by atoms with E-state index in [1.54, 1.807) is 12.3 Å². The van der Waals surface area contributed by atoms with Gasteiger partial charge in [0, 0.05) is 6.20 Å². The summed E-state index contributed by atoms with van der Waals surface area (Å²) in [5.74, 6) is 5.79. The van der Waals surface area contributed by atoms with Gasteiger partial charge in [0.25, 0.3) is 5.91 Å². The quantitative estimate of drug-likeness (QED) is 0.833. The first kappa shape index (κ1) is 14.3. The van der Waals surface area contributed by atoms with Crippen molar-refractivity contribution in [1.82, 2.24) is 4.98 Å². The lowest BCUT2D eigenvalue weighted by molar-refractivity contribution is 0.103. The number of pyridine rings is 1. The fourth-order valence-electron chi connectivity index (χ4n) is 1.62. The minimum atomic E-state index is -0.197. The predicted octanol–water partition coefficient (Wildman–Crippen LogP) is 2.36. The molecule has 20 heavy (non-hydrogen) atoms. The van der Waals surface area contributed by atoms with Gasteiger partial charge in [0.15, 0.2) is 0 Å². The number of thiophene rings is 1. The number of aliphatic hydroxyl groups is 1. The number of hydrogen-bond acceptors (Lipinski definition) is 4. The van der Waals surface area contributed by atoms with Crippen molar-refractivity contribution in [1.29, 1.82) is 0 Å². The highest BCUT2D eigenvalue weighted by Crippen LogP contribution is 2.22. The van der Waals surface area contributed by atoms with Crippen molar-refractivity contribution >= 4 is 23.1 Å². The van der Waals surface area contributed by atoms with Crippen LogP contribution >= 0.6 is 11.3 Å². The van der Waals surface area contributed by atoms with E-state index < -0.39 is 0 Å². The molecule has 0 bridgehead atoms. The molecule has 2 rings (SSSR count). The average Bonchev–Trinajstić information content (AvgIpc) is 2.80. The van der Waals surface area contributed by atoms with E-state index in [1.165, 1.54) is 11.3 Å². The molecule has 5 heteroatoms. The van der Waals surface area contributed by atoms with E-state index in [0.29, 0.717) is 10.7 Å². The van der Waals surface area contributed by atoms with Gasteiger partial charge < -0.3 is 10.4 Å². The molecule has 0 aromatic carbocycles. The topological polar surface area (TPSA) is 62.2 Å². The van der Waals surface area contributed by atoms with E-state index in [-0.39, 0.29) is 12.5 Å². The van der Waals surface area contributed by atoms with Crippen LogP contribution in [0.1, 0.15) is 25.7 Å². The van der Waals surface area contributed by atoms with Crippen molar-refractivity contribution in [2.45, 2.75) is 13.8 Å². The van der Waals surface area contributed by atoms with Crippen molar-refractivity contribution in [2.24, 2.45) is 0 Å². The van der Waals surface area contributed by atoms with Crippen LogP contribution in [0.5, 0.6) is 0 Å². The molecule has 0 aliphatic heterocycles. The third kappa shape index (κ3) is 3.23. The number of rotatable bonds is 2. The van der Waals surface area contributed by atoms with Crippen molar-refractivity contribution < 1.29 is 9.90 Å². The van der Waals surface area contributed by atoms with E-state index in [4.69, 9.17) is 5.11 Å². The van der Waals surface area contributed by atoms with Crippen molar-refractivity contribution in [3.05, 3.63) is 45.3 Å². The number of carbonyl (C=O) groups excluding carboxylic acids is 1. The van der Waals surface area contributed by atoms with Gasteiger partial charge in [-0.3, -0.25) is 4.79 Å². The highest BCUT2D eigenvalue weighted by Gasteiger charge is 2.13. The SMILES string of the molecule is Cc1cccnc1NC(=O)c1cc(C)c(C#CCO)s1. The zero-order valence-corrected chi connectivity index (χ0v) is 12.0. The number of aliphatic hydroxyl groups excluding tert-OH is 1. The van der Waals surface area contributed by atoms with Crippen LogP contribution < -0.4 is 5.32 Å². The summed E-state index contributed by atoms with van der Waals surface area (Å²) in [7, 11) is 0. The molecular formula is C15H14N2O2S. The summed E-state index contributed by atoms with van der Waals surface area (Å²) < 4.78 is 0. The second kappa shape index (κ2) is 6.33. The van der Waals surface area contributed by atoms with Crippen LogP contribution in [0.3, 0.4) is 0 Å². The molecule has 0 aliphatic rings. The second-order valence-electron chi connectivity index (χ2n) is 4.21. The third-order valence-corrected chi connectivity index (χ3v) is 3.82. The van der Waals surface area contributed by atoms with E-state index in [9.17, 15) is 4.79 Å². The number of nitrogens with one attached hydrogen (secondary N) is 1. The fraction of sp³-hybridized carbons (Fsp3) is 0.200. The molecule has 0 saturated carbocycles. The molecular weight excluding hydrogens is 272 g/mol. The lowest BCUT2D eigenvalue weighted by Crippen LogP contribution is -2.12. The molecule has 0 radical (unpaired) electrons. The Labute approximate surface area is 121 Å². The summed E-state index contributed by atoms with van der Waals surface area (Å²) in [6.07, 6.45) is 1.64. The third-order valence-electron chi connectivity index (χ3n) is 2.66. The first-order valence-electron chi connectivity index (χ1n) is 6.05. The molecule has 0 spiro atoms. The van der Waals surface area contributed by atoms with Gasteiger partial charge in [-0.2, -0.15) is 0 Å². The van der Waals surface area contributed by atoms with Crippen molar-refractivity contribution in [3.8, 4) is 11.8 Å². The van der Waals surface area contributed by atoms with Crippen LogP contribution in [0.2, 0.25) is 0 Å². The lowest BCUT2D eigenvalue weighted by Gasteiger charge is -2.04. The zero-order chi connectivity index (χ0) is 14.5. The Morgan fingerprint density at radius 3 is 2.95 bits per heavy atom. The Hall–Kier alpha value is -2.16. The molecule has 2 aromatic rings.